The van der Waals surface area contributed by atoms with Gasteiger partial charge in [0, 0.05) is 26.2 Å². The van der Waals surface area contributed by atoms with Gasteiger partial charge < -0.3 is 15.2 Å². The number of hydrogen-bond donors (Lipinski definition) is 2. The van der Waals surface area contributed by atoms with E-state index in [1.54, 1.807) is 0 Å². The normalized spacial score (nSPS) is 20.6. The Hall–Kier alpha value is -1.10. The quantitative estimate of drug-likeness (QED) is 0.623. The van der Waals surface area contributed by atoms with Crippen LogP contribution >= 0.6 is 0 Å². The Bertz CT molecular complexity index is 334. The number of rotatable bonds is 9. The predicted octanol–water partition coefficient (Wildman–Crippen LogP) is 1.56. The van der Waals surface area contributed by atoms with Crippen LogP contribution in [-0.2, 0) is 14.3 Å². The van der Waals surface area contributed by atoms with Crippen molar-refractivity contribution in [2.75, 3.05) is 19.8 Å². The van der Waals surface area contributed by atoms with Gasteiger partial charge in [-0.25, -0.2) is 0 Å². The molecule has 2 saturated carbocycles. The second-order valence-corrected chi connectivity index (χ2v) is 5.84. The molecule has 0 aromatic rings. The van der Waals surface area contributed by atoms with Crippen LogP contribution in [0.25, 0.3) is 0 Å². The van der Waals surface area contributed by atoms with Crippen LogP contribution in [0.1, 0.15) is 44.9 Å². The summed E-state index contributed by atoms with van der Waals surface area (Å²) in [7, 11) is 0. The largest absolute Gasteiger partial charge is 0.481 e. The van der Waals surface area contributed by atoms with E-state index in [4.69, 9.17) is 9.84 Å². The highest BCUT2D eigenvalue weighted by molar-refractivity contribution is 5.85. The van der Waals surface area contributed by atoms with E-state index >= 15 is 0 Å². The minimum absolute atomic E-state index is 0.116. The number of nitrogens with one attached hydrogen (secondary N) is 1. The zero-order valence-corrected chi connectivity index (χ0v) is 11.3. The molecule has 0 aromatic heterocycles. The first-order valence-corrected chi connectivity index (χ1v) is 7.20. The molecule has 2 aliphatic carbocycles. The molecule has 2 aliphatic rings. The third kappa shape index (κ3) is 4.20. The van der Waals surface area contributed by atoms with E-state index < -0.39 is 11.4 Å². The van der Waals surface area contributed by atoms with Gasteiger partial charge >= 0.3 is 5.97 Å². The van der Waals surface area contributed by atoms with Crippen molar-refractivity contribution in [3.05, 3.63) is 0 Å². The number of aliphatic carboxylic acids is 1. The van der Waals surface area contributed by atoms with E-state index in [0.717, 1.165) is 25.4 Å². The van der Waals surface area contributed by atoms with Crippen molar-refractivity contribution in [2.24, 2.45) is 11.3 Å². The third-order valence-electron chi connectivity index (χ3n) is 4.10. The molecule has 5 heteroatoms. The smallest absolute Gasteiger partial charge is 0.310 e. The van der Waals surface area contributed by atoms with Crippen LogP contribution in [0, 0.1) is 11.3 Å². The molecule has 0 unspecified atom stereocenters. The minimum Gasteiger partial charge on any atom is -0.481 e. The van der Waals surface area contributed by atoms with Crippen molar-refractivity contribution in [3.8, 4) is 0 Å². The van der Waals surface area contributed by atoms with Gasteiger partial charge in [0.25, 0.3) is 0 Å². The number of carboxylic acids is 1. The van der Waals surface area contributed by atoms with Gasteiger partial charge in [-0.1, -0.05) is 6.42 Å². The Morgan fingerprint density at radius 2 is 2.05 bits per heavy atom. The topological polar surface area (TPSA) is 75.6 Å². The summed E-state index contributed by atoms with van der Waals surface area (Å²) >= 11 is 0. The SMILES string of the molecule is O=C(CC1(C(=O)O)CCC1)NCCCOCC1CC1. The molecular formula is C14H23NO4. The highest BCUT2D eigenvalue weighted by Gasteiger charge is 2.45. The van der Waals surface area contributed by atoms with Crippen molar-refractivity contribution < 1.29 is 19.4 Å². The fourth-order valence-corrected chi connectivity index (χ4v) is 2.38. The molecule has 2 fully saturated rings. The first-order chi connectivity index (χ1) is 9.12. The van der Waals surface area contributed by atoms with Gasteiger partial charge in [0.05, 0.1) is 5.41 Å². The summed E-state index contributed by atoms with van der Waals surface area (Å²) < 4.78 is 5.47. The molecule has 0 heterocycles. The van der Waals surface area contributed by atoms with Gasteiger partial charge in [0.15, 0.2) is 0 Å². The lowest BCUT2D eigenvalue weighted by Crippen LogP contribution is -2.42. The Kier molecular flexibility index (Phi) is 4.80. The van der Waals surface area contributed by atoms with Gasteiger partial charge in [0.1, 0.15) is 0 Å². The van der Waals surface area contributed by atoms with Gasteiger partial charge in [-0.05, 0) is 38.0 Å². The van der Waals surface area contributed by atoms with E-state index in [2.05, 4.69) is 5.32 Å². The average Bonchev–Trinajstić information content (AvgIpc) is 3.11. The number of carbonyl (C=O) groups excluding carboxylic acids is 1. The molecule has 0 radical (unpaired) electrons. The van der Waals surface area contributed by atoms with Crippen LogP contribution in [0.4, 0.5) is 0 Å². The highest BCUT2D eigenvalue weighted by atomic mass is 16.5. The lowest BCUT2D eigenvalue weighted by atomic mass is 9.66. The van der Waals surface area contributed by atoms with Crippen molar-refractivity contribution in [1.82, 2.24) is 5.32 Å². The number of carbonyl (C=O) groups is 2. The molecule has 0 aliphatic heterocycles. The summed E-state index contributed by atoms with van der Waals surface area (Å²) in [6, 6.07) is 0. The van der Waals surface area contributed by atoms with Crippen LogP contribution < -0.4 is 5.32 Å². The van der Waals surface area contributed by atoms with Crippen LogP contribution in [0.15, 0.2) is 0 Å². The summed E-state index contributed by atoms with van der Waals surface area (Å²) in [6.07, 6.45) is 5.64. The minimum atomic E-state index is -0.832. The number of ether oxygens (including phenoxy) is 1. The highest BCUT2D eigenvalue weighted by Crippen LogP contribution is 2.44. The third-order valence-corrected chi connectivity index (χ3v) is 4.10. The van der Waals surface area contributed by atoms with Gasteiger partial charge in [-0.2, -0.15) is 0 Å². The summed E-state index contributed by atoms with van der Waals surface area (Å²) in [5.74, 6) is -0.213. The van der Waals surface area contributed by atoms with Crippen LogP contribution in [0.3, 0.4) is 0 Å². The molecular weight excluding hydrogens is 246 g/mol. The van der Waals surface area contributed by atoms with Crippen LogP contribution in [0.2, 0.25) is 0 Å². The summed E-state index contributed by atoms with van der Waals surface area (Å²) in [5.41, 5.74) is -0.785. The standard InChI is InChI=1S/C14H23NO4/c16-12(9-14(13(17)18)5-1-6-14)15-7-2-8-19-10-11-3-4-11/h11H,1-10H2,(H,15,16)(H,17,18). The Morgan fingerprint density at radius 1 is 1.32 bits per heavy atom. The van der Waals surface area contributed by atoms with Crippen molar-refractivity contribution >= 4 is 11.9 Å². The van der Waals surface area contributed by atoms with E-state index in [0.29, 0.717) is 26.0 Å². The second kappa shape index (κ2) is 6.37. The molecule has 0 saturated heterocycles. The van der Waals surface area contributed by atoms with Crippen LogP contribution in [-0.4, -0.2) is 36.7 Å². The maximum absolute atomic E-state index is 11.7. The maximum atomic E-state index is 11.7. The predicted molar refractivity (Wildman–Crippen MR) is 69.7 cm³/mol. The molecule has 0 spiro atoms. The fraction of sp³-hybridized carbons (Fsp3) is 0.857. The zero-order valence-electron chi connectivity index (χ0n) is 11.3. The molecule has 108 valence electrons. The van der Waals surface area contributed by atoms with Crippen LogP contribution in [0.5, 0.6) is 0 Å². The molecule has 2 N–H and O–H groups in total. The lowest BCUT2D eigenvalue weighted by Gasteiger charge is -2.36. The zero-order chi connectivity index (χ0) is 13.7. The Balaban J connectivity index is 1.52. The molecule has 5 nitrogen and oxygen atoms in total. The fourth-order valence-electron chi connectivity index (χ4n) is 2.38. The van der Waals surface area contributed by atoms with E-state index in [9.17, 15) is 9.59 Å². The maximum Gasteiger partial charge on any atom is 0.310 e. The molecule has 0 bridgehead atoms. The summed E-state index contributed by atoms with van der Waals surface area (Å²) in [5, 5.41) is 11.9. The number of carboxylic acid groups (broad SMARTS) is 1. The van der Waals surface area contributed by atoms with Gasteiger partial charge in [0.2, 0.25) is 5.91 Å². The van der Waals surface area contributed by atoms with Gasteiger partial charge in [-0.15, -0.1) is 0 Å². The molecule has 2 rings (SSSR count). The monoisotopic (exact) mass is 269 g/mol. The summed E-state index contributed by atoms with van der Waals surface area (Å²) in [4.78, 5) is 22.8. The second-order valence-electron chi connectivity index (χ2n) is 5.84. The molecule has 0 atom stereocenters. The number of amides is 1. The number of hydrogen-bond acceptors (Lipinski definition) is 3. The molecule has 1 amide bonds. The van der Waals surface area contributed by atoms with E-state index in [1.807, 2.05) is 0 Å². The van der Waals surface area contributed by atoms with Crippen molar-refractivity contribution in [3.63, 3.8) is 0 Å². The first-order valence-electron chi connectivity index (χ1n) is 7.20. The average molecular weight is 269 g/mol. The van der Waals surface area contributed by atoms with Crippen molar-refractivity contribution in [1.29, 1.82) is 0 Å². The molecule has 0 aromatic carbocycles. The molecule has 19 heavy (non-hydrogen) atoms. The Morgan fingerprint density at radius 3 is 2.58 bits per heavy atom. The Labute approximate surface area is 113 Å². The van der Waals surface area contributed by atoms with Crippen molar-refractivity contribution in [2.45, 2.75) is 44.9 Å². The lowest BCUT2D eigenvalue weighted by molar-refractivity contribution is -0.157. The van der Waals surface area contributed by atoms with E-state index in [1.165, 1.54) is 12.8 Å². The first kappa shape index (κ1) is 14.3. The van der Waals surface area contributed by atoms with E-state index in [-0.39, 0.29) is 12.3 Å². The van der Waals surface area contributed by atoms with Gasteiger partial charge in [-0.3, -0.25) is 9.59 Å². The summed E-state index contributed by atoms with van der Waals surface area (Å²) in [6.45, 7) is 2.08.